The lowest BCUT2D eigenvalue weighted by Crippen LogP contribution is -2.48. The lowest BCUT2D eigenvalue weighted by atomic mass is 10.1. The van der Waals surface area contributed by atoms with Crippen LogP contribution in [0.2, 0.25) is 0 Å². The molecule has 1 aliphatic carbocycles. The van der Waals surface area contributed by atoms with Gasteiger partial charge in [-0.05, 0) is 18.9 Å². The third-order valence-corrected chi connectivity index (χ3v) is 3.85. The molecule has 2 fully saturated rings. The van der Waals surface area contributed by atoms with E-state index in [1.165, 1.54) is 5.56 Å². The summed E-state index contributed by atoms with van der Waals surface area (Å²) in [6.07, 6.45) is 1.36. The third kappa shape index (κ3) is 2.89. The van der Waals surface area contributed by atoms with Crippen molar-refractivity contribution in [2.45, 2.75) is 31.4 Å². The molecule has 1 saturated heterocycles. The Morgan fingerprint density at radius 1 is 1.37 bits per heavy atom. The zero-order chi connectivity index (χ0) is 13.2. The van der Waals surface area contributed by atoms with Gasteiger partial charge in [0.2, 0.25) is 0 Å². The van der Waals surface area contributed by atoms with Crippen LogP contribution in [0.4, 0.5) is 0 Å². The van der Waals surface area contributed by atoms with Crippen LogP contribution in [-0.4, -0.2) is 42.7 Å². The van der Waals surface area contributed by atoms with Crippen molar-refractivity contribution in [2.75, 3.05) is 19.7 Å². The quantitative estimate of drug-likeness (QED) is 0.648. The van der Waals surface area contributed by atoms with E-state index in [4.69, 9.17) is 10.5 Å². The zero-order valence-corrected chi connectivity index (χ0v) is 11.3. The number of hydrogen-bond donors (Lipinski definition) is 1. The van der Waals surface area contributed by atoms with Crippen molar-refractivity contribution in [3.05, 3.63) is 35.9 Å². The number of morpholine rings is 1. The molecule has 3 rings (SSSR count). The van der Waals surface area contributed by atoms with E-state index in [0.29, 0.717) is 17.9 Å². The first-order valence-corrected chi connectivity index (χ1v) is 6.99. The van der Waals surface area contributed by atoms with Gasteiger partial charge in [0.15, 0.2) is 5.96 Å². The topological polar surface area (TPSA) is 50.8 Å². The number of rotatable bonds is 2. The van der Waals surface area contributed by atoms with Crippen molar-refractivity contribution >= 4 is 5.96 Å². The molecule has 0 amide bonds. The van der Waals surface area contributed by atoms with Gasteiger partial charge in [0.25, 0.3) is 0 Å². The summed E-state index contributed by atoms with van der Waals surface area (Å²) in [6.45, 7) is 4.51. The van der Waals surface area contributed by atoms with Gasteiger partial charge in [-0.25, -0.2) is 4.99 Å². The molecule has 0 aromatic heterocycles. The predicted octanol–water partition coefficient (Wildman–Crippen LogP) is 1.58. The molecule has 1 aromatic rings. The molecule has 3 atom stereocenters. The Bertz CT molecular complexity index is 460. The normalized spacial score (nSPS) is 31.3. The molecule has 0 spiro atoms. The summed E-state index contributed by atoms with van der Waals surface area (Å²) < 4.78 is 5.52. The molecule has 3 unspecified atom stereocenters. The van der Waals surface area contributed by atoms with E-state index < -0.39 is 0 Å². The van der Waals surface area contributed by atoms with E-state index in [1.54, 1.807) is 0 Å². The Hall–Kier alpha value is -1.55. The van der Waals surface area contributed by atoms with Crippen LogP contribution in [0.15, 0.2) is 35.3 Å². The van der Waals surface area contributed by atoms with Crippen LogP contribution in [0.3, 0.4) is 0 Å². The monoisotopic (exact) mass is 259 g/mol. The lowest BCUT2D eigenvalue weighted by molar-refractivity contribution is 0.00528. The Morgan fingerprint density at radius 2 is 2.16 bits per heavy atom. The van der Waals surface area contributed by atoms with E-state index in [-0.39, 0.29) is 6.10 Å². The molecule has 4 heteroatoms. The molecule has 4 nitrogen and oxygen atoms in total. The lowest BCUT2D eigenvalue weighted by Gasteiger charge is -2.31. The van der Waals surface area contributed by atoms with Gasteiger partial charge in [0, 0.05) is 19.0 Å². The van der Waals surface area contributed by atoms with E-state index in [0.717, 1.165) is 26.1 Å². The average Bonchev–Trinajstić information content (AvgIpc) is 3.19. The van der Waals surface area contributed by atoms with Crippen molar-refractivity contribution in [1.29, 1.82) is 0 Å². The first-order chi connectivity index (χ1) is 9.24. The number of nitrogens with zero attached hydrogens (tertiary/aromatic N) is 2. The zero-order valence-electron chi connectivity index (χ0n) is 11.3. The second-order valence-corrected chi connectivity index (χ2v) is 5.43. The van der Waals surface area contributed by atoms with Gasteiger partial charge < -0.3 is 15.4 Å². The summed E-state index contributed by atoms with van der Waals surface area (Å²) in [4.78, 5) is 6.80. The maximum atomic E-state index is 6.11. The van der Waals surface area contributed by atoms with Gasteiger partial charge in [-0.15, -0.1) is 0 Å². The van der Waals surface area contributed by atoms with Gasteiger partial charge in [0.05, 0.1) is 18.8 Å². The fourth-order valence-electron chi connectivity index (χ4n) is 2.66. The summed E-state index contributed by atoms with van der Waals surface area (Å²) in [6, 6.07) is 10.9. The largest absolute Gasteiger partial charge is 0.375 e. The predicted molar refractivity (Wildman–Crippen MR) is 76.2 cm³/mol. The van der Waals surface area contributed by atoms with Crippen molar-refractivity contribution in [2.24, 2.45) is 10.7 Å². The highest BCUT2D eigenvalue weighted by molar-refractivity contribution is 5.78. The first-order valence-electron chi connectivity index (χ1n) is 6.99. The highest BCUT2D eigenvalue weighted by Gasteiger charge is 2.38. The maximum Gasteiger partial charge on any atom is 0.191 e. The van der Waals surface area contributed by atoms with Gasteiger partial charge >= 0.3 is 0 Å². The van der Waals surface area contributed by atoms with Crippen LogP contribution in [-0.2, 0) is 4.74 Å². The second kappa shape index (κ2) is 5.21. The smallest absolute Gasteiger partial charge is 0.191 e. The summed E-state index contributed by atoms with van der Waals surface area (Å²) in [5, 5.41) is 0. The number of aliphatic imine (C=N–C) groups is 1. The molecule has 0 bridgehead atoms. The number of ether oxygens (including phenoxy) is 1. The SMILES string of the molecule is CC1CN(C(N)=NC2CC2c2ccccc2)CCO1. The van der Waals surface area contributed by atoms with Gasteiger partial charge in [-0.3, -0.25) is 0 Å². The second-order valence-electron chi connectivity index (χ2n) is 5.43. The summed E-state index contributed by atoms with van der Waals surface area (Å²) in [5.74, 6) is 1.23. The molecule has 1 aliphatic heterocycles. The fraction of sp³-hybridized carbons (Fsp3) is 0.533. The minimum atomic E-state index is 0.242. The Balaban J connectivity index is 1.61. The van der Waals surface area contributed by atoms with E-state index in [1.807, 2.05) is 6.07 Å². The number of benzene rings is 1. The number of nitrogens with two attached hydrogens (primary N) is 1. The first kappa shape index (κ1) is 12.5. The molecule has 19 heavy (non-hydrogen) atoms. The van der Waals surface area contributed by atoms with E-state index in [9.17, 15) is 0 Å². The van der Waals surface area contributed by atoms with Crippen LogP contribution >= 0.6 is 0 Å². The summed E-state index contributed by atoms with van der Waals surface area (Å²) in [5.41, 5.74) is 7.49. The fourth-order valence-corrected chi connectivity index (χ4v) is 2.66. The molecule has 2 aliphatic rings. The minimum Gasteiger partial charge on any atom is -0.375 e. The summed E-state index contributed by atoms with van der Waals surface area (Å²) >= 11 is 0. The standard InChI is InChI=1S/C15H21N3O/c1-11-10-18(7-8-19-11)15(16)17-14-9-13(14)12-5-3-2-4-6-12/h2-6,11,13-14H,7-10H2,1H3,(H2,16,17). The van der Waals surface area contributed by atoms with Crippen LogP contribution < -0.4 is 5.73 Å². The van der Waals surface area contributed by atoms with Crippen LogP contribution in [0, 0.1) is 0 Å². The summed E-state index contributed by atoms with van der Waals surface area (Å²) in [7, 11) is 0. The molecule has 1 aromatic carbocycles. The van der Waals surface area contributed by atoms with Crippen molar-refractivity contribution in [3.63, 3.8) is 0 Å². The highest BCUT2D eigenvalue weighted by Crippen LogP contribution is 2.43. The van der Waals surface area contributed by atoms with Crippen LogP contribution in [0.1, 0.15) is 24.8 Å². The van der Waals surface area contributed by atoms with Crippen LogP contribution in [0.5, 0.6) is 0 Å². The molecule has 0 radical (unpaired) electrons. The van der Waals surface area contributed by atoms with Crippen molar-refractivity contribution < 1.29 is 4.74 Å². The van der Waals surface area contributed by atoms with E-state index >= 15 is 0 Å². The Morgan fingerprint density at radius 3 is 2.89 bits per heavy atom. The van der Waals surface area contributed by atoms with Crippen molar-refractivity contribution in [1.82, 2.24) is 4.90 Å². The maximum absolute atomic E-state index is 6.11. The van der Waals surface area contributed by atoms with E-state index in [2.05, 4.69) is 41.1 Å². The van der Waals surface area contributed by atoms with Crippen LogP contribution in [0.25, 0.3) is 0 Å². The Kier molecular flexibility index (Phi) is 3.42. The molecule has 102 valence electrons. The molecule has 2 N–H and O–H groups in total. The number of guanidine groups is 1. The minimum absolute atomic E-state index is 0.242. The molecule has 1 saturated carbocycles. The third-order valence-electron chi connectivity index (χ3n) is 3.85. The Labute approximate surface area is 114 Å². The van der Waals surface area contributed by atoms with Gasteiger partial charge in [-0.2, -0.15) is 0 Å². The molecular formula is C15H21N3O. The highest BCUT2D eigenvalue weighted by atomic mass is 16.5. The number of hydrogen-bond acceptors (Lipinski definition) is 2. The van der Waals surface area contributed by atoms with Crippen molar-refractivity contribution in [3.8, 4) is 0 Å². The average molecular weight is 259 g/mol. The molecular weight excluding hydrogens is 238 g/mol. The molecule has 1 heterocycles. The van der Waals surface area contributed by atoms with Gasteiger partial charge in [-0.1, -0.05) is 30.3 Å². The van der Waals surface area contributed by atoms with Gasteiger partial charge in [0.1, 0.15) is 0 Å².